The summed E-state index contributed by atoms with van der Waals surface area (Å²) in [5.41, 5.74) is 6.49. The van der Waals surface area contributed by atoms with Gasteiger partial charge in [0.2, 0.25) is 5.96 Å². The van der Waals surface area contributed by atoms with Crippen LogP contribution in [-0.4, -0.2) is 25.7 Å². The van der Waals surface area contributed by atoms with Gasteiger partial charge in [0, 0.05) is 17.6 Å². The van der Waals surface area contributed by atoms with Gasteiger partial charge in [-0.15, -0.1) is 0 Å². The summed E-state index contributed by atoms with van der Waals surface area (Å²) in [5, 5.41) is 1.65. The topological polar surface area (TPSA) is 75.8 Å². The van der Waals surface area contributed by atoms with Gasteiger partial charge >= 0.3 is 0 Å². The highest BCUT2D eigenvalue weighted by Gasteiger charge is 2.23. The Morgan fingerprint density at radius 3 is 2.41 bits per heavy atom. The van der Waals surface area contributed by atoms with E-state index in [0.29, 0.717) is 16.3 Å². The van der Waals surface area contributed by atoms with Gasteiger partial charge in [0.25, 0.3) is 10.0 Å². The number of hydrogen-bond donors (Lipinski definition) is 1. The van der Waals surface area contributed by atoms with Gasteiger partial charge in [-0.2, -0.15) is 0 Å². The molecule has 17 heavy (non-hydrogen) atoms. The zero-order valence-corrected chi connectivity index (χ0v) is 10.5. The van der Waals surface area contributed by atoms with Gasteiger partial charge in [-0.1, -0.05) is 23.7 Å². The number of guanidine groups is 1. The molecule has 90 valence electrons. The molecule has 0 saturated carbocycles. The summed E-state index contributed by atoms with van der Waals surface area (Å²) in [5.74, 6) is -0.0579. The monoisotopic (exact) mass is 271 g/mol. The minimum absolute atomic E-state index is 0.0579. The Morgan fingerprint density at radius 2 is 1.88 bits per heavy atom. The second kappa shape index (κ2) is 4.05. The van der Waals surface area contributed by atoms with Crippen molar-refractivity contribution >= 4 is 33.3 Å². The Kier molecular flexibility index (Phi) is 2.84. The van der Waals surface area contributed by atoms with E-state index in [1.807, 2.05) is 0 Å². The Balaban J connectivity index is 2.51. The molecule has 5 nitrogen and oxygen atoms in total. The molecule has 0 atom stereocenters. The maximum atomic E-state index is 11.7. The number of sulfonamides is 1. The van der Waals surface area contributed by atoms with Crippen LogP contribution in [0.4, 0.5) is 0 Å². The molecule has 7 heteroatoms. The molecule has 1 aliphatic heterocycles. The van der Waals surface area contributed by atoms with E-state index in [2.05, 4.69) is 4.99 Å². The highest BCUT2D eigenvalue weighted by Crippen LogP contribution is 2.23. The van der Waals surface area contributed by atoms with Crippen LogP contribution in [0.15, 0.2) is 34.7 Å². The number of rotatable bonds is 1. The molecule has 0 fully saturated rings. The molecule has 2 rings (SSSR count). The van der Waals surface area contributed by atoms with E-state index >= 15 is 0 Å². The van der Waals surface area contributed by atoms with E-state index in [1.165, 1.54) is 7.05 Å². The Morgan fingerprint density at radius 1 is 1.29 bits per heavy atom. The third-order valence-electron chi connectivity index (χ3n) is 2.34. The average Bonchev–Trinajstić information content (AvgIpc) is 2.26. The van der Waals surface area contributed by atoms with Crippen molar-refractivity contribution in [2.24, 2.45) is 10.7 Å². The minimum atomic E-state index is -3.54. The van der Waals surface area contributed by atoms with Gasteiger partial charge in [-0.25, -0.2) is 17.7 Å². The summed E-state index contributed by atoms with van der Waals surface area (Å²) in [6, 6.07) is 6.69. The number of nitrogens with zero attached hydrogens (tertiary/aromatic N) is 2. The van der Waals surface area contributed by atoms with E-state index in [-0.39, 0.29) is 5.96 Å². The van der Waals surface area contributed by atoms with Crippen LogP contribution >= 0.6 is 11.6 Å². The summed E-state index contributed by atoms with van der Waals surface area (Å²) >= 11 is 5.75. The SMILES string of the molecule is CN1C(N)=NC(c2ccc(Cl)cc2)=CS1(=O)=O. The highest BCUT2D eigenvalue weighted by molar-refractivity contribution is 7.92. The van der Waals surface area contributed by atoms with Crippen molar-refractivity contribution < 1.29 is 8.42 Å². The van der Waals surface area contributed by atoms with E-state index in [0.717, 1.165) is 9.71 Å². The molecule has 1 aliphatic rings. The normalized spacial score (nSPS) is 18.6. The molecular formula is C10H10ClN3O2S. The van der Waals surface area contributed by atoms with Crippen molar-refractivity contribution in [3.63, 3.8) is 0 Å². The second-order valence-corrected chi connectivity index (χ2v) is 5.74. The fourth-order valence-corrected chi connectivity index (χ4v) is 2.38. The largest absolute Gasteiger partial charge is 0.369 e. The number of aliphatic imine (C=N–C) groups is 1. The minimum Gasteiger partial charge on any atom is -0.369 e. The number of halogens is 1. The third kappa shape index (κ3) is 2.27. The van der Waals surface area contributed by atoms with Gasteiger partial charge in [-0.05, 0) is 12.1 Å². The first kappa shape index (κ1) is 11.9. The van der Waals surface area contributed by atoms with Gasteiger partial charge in [0.1, 0.15) is 0 Å². The average molecular weight is 272 g/mol. The van der Waals surface area contributed by atoms with Crippen LogP contribution in [0.1, 0.15) is 5.56 Å². The third-order valence-corrected chi connectivity index (χ3v) is 4.06. The van der Waals surface area contributed by atoms with E-state index in [1.54, 1.807) is 24.3 Å². The summed E-state index contributed by atoms with van der Waals surface area (Å²) in [6.45, 7) is 0. The number of benzene rings is 1. The van der Waals surface area contributed by atoms with Crippen molar-refractivity contribution in [1.29, 1.82) is 0 Å². The summed E-state index contributed by atoms with van der Waals surface area (Å²) in [4.78, 5) is 4.02. The van der Waals surface area contributed by atoms with Crippen molar-refractivity contribution in [2.75, 3.05) is 7.05 Å². The molecule has 1 aromatic rings. The number of hydrogen-bond acceptors (Lipinski definition) is 4. The van der Waals surface area contributed by atoms with Crippen LogP contribution in [0.2, 0.25) is 5.02 Å². The van der Waals surface area contributed by atoms with E-state index in [9.17, 15) is 8.42 Å². The molecule has 0 amide bonds. The van der Waals surface area contributed by atoms with Crippen LogP contribution in [0.5, 0.6) is 0 Å². The Hall–Kier alpha value is -1.53. The van der Waals surface area contributed by atoms with Crippen molar-refractivity contribution in [1.82, 2.24) is 4.31 Å². The quantitative estimate of drug-likeness (QED) is 0.835. The lowest BCUT2D eigenvalue weighted by Crippen LogP contribution is -2.39. The molecule has 0 saturated heterocycles. The smallest absolute Gasteiger partial charge is 0.261 e. The zero-order chi connectivity index (χ0) is 12.6. The lowest BCUT2D eigenvalue weighted by Gasteiger charge is -2.20. The first-order chi connectivity index (χ1) is 7.90. The van der Waals surface area contributed by atoms with Crippen molar-refractivity contribution in [2.45, 2.75) is 0 Å². The van der Waals surface area contributed by atoms with Crippen LogP contribution in [0.3, 0.4) is 0 Å². The number of nitrogens with two attached hydrogens (primary N) is 1. The molecule has 0 unspecified atom stereocenters. The summed E-state index contributed by atoms with van der Waals surface area (Å²) in [7, 11) is -2.19. The molecule has 1 aromatic carbocycles. The molecule has 0 aliphatic carbocycles. The first-order valence-corrected chi connectivity index (χ1v) is 6.59. The maximum absolute atomic E-state index is 11.7. The molecule has 0 bridgehead atoms. The zero-order valence-electron chi connectivity index (χ0n) is 8.96. The highest BCUT2D eigenvalue weighted by atomic mass is 35.5. The van der Waals surface area contributed by atoms with E-state index < -0.39 is 10.0 Å². The maximum Gasteiger partial charge on any atom is 0.261 e. The predicted octanol–water partition coefficient (Wildman–Crippen LogP) is 1.23. The van der Waals surface area contributed by atoms with Gasteiger partial charge < -0.3 is 5.73 Å². The van der Waals surface area contributed by atoms with Crippen molar-refractivity contribution in [3.05, 3.63) is 40.3 Å². The lowest BCUT2D eigenvalue weighted by molar-refractivity contribution is 0.560. The standard InChI is InChI=1S/C10H10ClN3O2S/c1-14-10(12)13-9(6-17(14,15)16)7-2-4-8(11)5-3-7/h2-6H,1H3,(H2,12,13). The summed E-state index contributed by atoms with van der Waals surface area (Å²) in [6.07, 6.45) is 0. The lowest BCUT2D eigenvalue weighted by atomic mass is 10.2. The molecule has 0 spiro atoms. The molecule has 0 radical (unpaired) electrons. The fraction of sp³-hybridized carbons (Fsp3) is 0.100. The van der Waals surface area contributed by atoms with Gasteiger partial charge in [0.15, 0.2) is 0 Å². The Labute approximate surface area is 104 Å². The van der Waals surface area contributed by atoms with Gasteiger partial charge in [0.05, 0.1) is 11.1 Å². The van der Waals surface area contributed by atoms with Crippen LogP contribution in [0.25, 0.3) is 5.70 Å². The molecule has 0 aromatic heterocycles. The summed E-state index contributed by atoms with van der Waals surface area (Å²) < 4.78 is 24.3. The first-order valence-electron chi connectivity index (χ1n) is 4.71. The molecular weight excluding hydrogens is 262 g/mol. The predicted molar refractivity (Wildman–Crippen MR) is 67.7 cm³/mol. The molecule has 2 N–H and O–H groups in total. The van der Waals surface area contributed by atoms with Gasteiger partial charge in [-0.3, -0.25) is 0 Å². The van der Waals surface area contributed by atoms with E-state index in [4.69, 9.17) is 17.3 Å². The van der Waals surface area contributed by atoms with Crippen LogP contribution < -0.4 is 5.73 Å². The Bertz CT molecular complexity index is 605. The fourth-order valence-electron chi connectivity index (χ4n) is 1.32. The van der Waals surface area contributed by atoms with Crippen LogP contribution in [0, 0.1) is 0 Å². The molecule has 1 heterocycles. The second-order valence-electron chi connectivity index (χ2n) is 3.49. The van der Waals surface area contributed by atoms with Crippen molar-refractivity contribution in [3.8, 4) is 0 Å². The van der Waals surface area contributed by atoms with Crippen LogP contribution in [-0.2, 0) is 10.0 Å².